The molecule has 61 heavy (non-hydrogen) atoms. The Balaban J connectivity index is 0.891. The lowest BCUT2D eigenvalue weighted by Gasteiger charge is -2.26. The Morgan fingerprint density at radius 3 is 1.51 bits per heavy atom. The fourth-order valence-electron chi connectivity index (χ4n) is 9.18. The Bertz CT molecular complexity index is 3540. The highest BCUT2D eigenvalue weighted by Crippen LogP contribution is 2.40. The maximum absolute atomic E-state index is 6.23. The van der Waals surface area contributed by atoms with E-state index in [4.69, 9.17) is 4.42 Å². The summed E-state index contributed by atoms with van der Waals surface area (Å²) >= 11 is 0. The van der Waals surface area contributed by atoms with E-state index in [1.807, 2.05) is 12.1 Å². The topological polar surface area (TPSA) is 21.3 Å². The Labute approximate surface area is 353 Å². The van der Waals surface area contributed by atoms with Gasteiger partial charge < -0.3 is 13.9 Å². The van der Waals surface area contributed by atoms with E-state index >= 15 is 0 Å². The zero-order chi connectivity index (χ0) is 40.3. The van der Waals surface area contributed by atoms with Crippen LogP contribution in [-0.2, 0) is 0 Å². The summed E-state index contributed by atoms with van der Waals surface area (Å²) in [4.78, 5) is 2.35. The van der Waals surface area contributed by atoms with E-state index in [1.54, 1.807) is 0 Å². The fourth-order valence-corrected chi connectivity index (χ4v) is 9.18. The van der Waals surface area contributed by atoms with E-state index in [2.05, 4.69) is 228 Å². The first-order valence-corrected chi connectivity index (χ1v) is 20.8. The molecule has 3 heteroatoms. The lowest BCUT2D eigenvalue weighted by Crippen LogP contribution is -2.09. The molecule has 0 radical (unpaired) electrons. The van der Waals surface area contributed by atoms with Gasteiger partial charge in [0, 0.05) is 44.3 Å². The smallest absolute Gasteiger partial charge is 0.136 e. The molecule has 0 amide bonds. The molecule has 0 saturated carbocycles. The molecule has 12 rings (SSSR count). The zero-order valence-electron chi connectivity index (χ0n) is 33.2. The maximum atomic E-state index is 6.23. The summed E-state index contributed by atoms with van der Waals surface area (Å²) in [6.07, 6.45) is 0. The van der Waals surface area contributed by atoms with Crippen LogP contribution in [-0.4, -0.2) is 4.57 Å². The second-order valence-corrected chi connectivity index (χ2v) is 15.8. The van der Waals surface area contributed by atoms with Crippen LogP contribution in [0.25, 0.3) is 93.6 Å². The number of para-hydroxylation sites is 3. The number of nitrogens with zero attached hydrogens (tertiary/aromatic N) is 2. The highest BCUT2D eigenvalue weighted by atomic mass is 16.3. The summed E-state index contributed by atoms with van der Waals surface area (Å²) in [7, 11) is 0. The maximum Gasteiger partial charge on any atom is 0.136 e. The van der Waals surface area contributed by atoms with Crippen molar-refractivity contribution in [2.45, 2.75) is 0 Å². The molecule has 0 N–H and O–H groups in total. The summed E-state index contributed by atoms with van der Waals surface area (Å²) in [5.41, 5.74) is 15.6. The third-order valence-corrected chi connectivity index (χ3v) is 12.2. The van der Waals surface area contributed by atoms with Gasteiger partial charge in [0.05, 0.1) is 11.0 Å². The molecule has 0 unspecified atom stereocenters. The third-order valence-electron chi connectivity index (χ3n) is 12.2. The van der Waals surface area contributed by atoms with Crippen LogP contribution >= 0.6 is 0 Å². The molecule has 10 aromatic carbocycles. The molecule has 0 fully saturated rings. The van der Waals surface area contributed by atoms with Crippen molar-refractivity contribution in [3.05, 3.63) is 231 Å². The predicted molar refractivity (Wildman–Crippen MR) is 257 cm³/mol. The van der Waals surface area contributed by atoms with Crippen molar-refractivity contribution in [3.8, 4) is 39.1 Å². The Kier molecular flexibility index (Phi) is 8.17. The van der Waals surface area contributed by atoms with Crippen molar-refractivity contribution in [1.29, 1.82) is 0 Å². The molecule has 3 nitrogen and oxygen atoms in total. The number of benzene rings is 10. The van der Waals surface area contributed by atoms with Crippen LogP contribution in [0, 0.1) is 0 Å². The van der Waals surface area contributed by atoms with Crippen molar-refractivity contribution in [2.75, 3.05) is 4.90 Å². The average Bonchev–Trinajstić information content (AvgIpc) is 3.88. The molecule has 2 heterocycles. The van der Waals surface area contributed by atoms with Gasteiger partial charge in [-0.15, -0.1) is 0 Å². The minimum atomic E-state index is 0.906. The van der Waals surface area contributed by atoms with Crippen LogP contribution in [0.2, 0.25) is 0 Å². The number of anilines is 3. The van der Waals surface area contributed by atoms with E-state index in [9.17, 15) is 0 Å². The average molecular weight is 779 g/mol. The van der Waals surface area contributed by atoms with E-state index in [0.717, 1.165) is 61.4 Å². The predicted octanol–water partition coefficient (Wildman–Crippen LogP) is 16.3. The molecule has 0 aliphatic heterocycles. The molecule has 0 atom stereocenters. The molecule has 2 aromatic heterocycles. The Morgan fingerprint density at radius 1 is 0.295 bits per heavy atom. The largest absolute Gasteiger partial charge is 0.456 e. The second-order valence-electron chi connectivity index (χ2n) is 15.8. The van der Waals surface area contributed by atoms with Crippen molar-refractivity contribution in [2.24, 2.45) is 0 Å². The lowest BCUT2D eigenvalue weighted by molar-refractivity contribution is 0.669. The summed E-state index contributed by atoms with van der Waals surface area (Å²) in [6, 6.07) is 83.0. The molecule has 12 aromatic rings. The van der Waals surface area contributed by atoms with Crippen molar-refractivity contribution < 1.29 is 4.42 Å². The van der Waals surface area contributed by atoms with E-state index in [1.165, 1.54) is 49.3 Å². The highest BCUT2D eigenvalue weighted by Gasteiger charge is 2.16. The SMILES string of the molecule is c1cc(-c2ccc(N(c3ccc(-c4cccc(-n5c6ccccc6c6ccccc65)c4)cc3)c3ccc4ccccc4c3)cc2)cc(-c2ccc3c(c2)oc2ccccc23)c1. The molecule has 0 saturated heterocycles. The van der Waals surface area contributed by atoms with Crippen LogP contribution < -0.4 is 4.90 Å². The zero-order valence-corrected chi connectivity index (χ0v) is 33.2. The van der Waals surface area contributed by atoms with E-state index in [0.29, 0.717) is 0 Å². The van der Waals surface area contributed by atoms with Gasteiger partial charge in [-0.1, -0.05) is 146 Å². The Morgan fingerprint density at radius 2 is 0.803 bits per heavy atom. The fraction of sp³-hybridized carbons (Fsp3) is 0. The third kappa shape index (κ3) is 6.06. The molecular formula is C58H38N2O. The van der Waals surface area contributed by atoms with Gasteiger partial charge in [-0.05, 0) is 129 Å². The summed E-state index contributed by atoms with van der Waals surface area (Å²) < 4.78 is 8.61. The van der Waals surface area contributed by atoms with Crippen LogP contribution in [0.5, 0.6) is 0 Å². The normalized spacial score (nSPS) is 11.6. The van der Waals surface area contributed by atoms with Crippen molar-refractivity contribution in [3.63, 3.8) is 0 Å². The first kappa shape index (κ1) is 34.9. The standard InChI is InChI=1S/C58H38N2O/c1-2-12-44-37-50(33-27-39(44)11-1)59(47-29-23-40(24-30-47)42-13-9-14-43(35-42)46-28-34-54-53-19-5-8-22-57(53)61-58(54)38-46)48-31-25-41(26-32-48)45-15-10-16-49(36-45)60-55-20-6-3-17-51(55)52-18-4-7-21-56(52)60/h1-38H. The monoisotopic (exact) mass is 778 g/mol. The highest BCUT2D eigenvalue weighted by molar-refractivity contribution is 6.09. The van der Waals surface area contributed by atoms with Gasteiger partial charge in [0.1, 0.15) is 11.2 Å². The number of hydrogen-bond acceptors (Lipinski definition) is 2. The molecule has 0 aliphatic rings. The van der Waals surface area contributed by atoms with Gasteiger partial charge in [0.15, 0.2) is 0 Å². The van der Waals surface area contributed by atoms with E-state index in [-0.39, 0.29) is 0 Å². The lowest BCUT2D eigenvalue weighted by atomic mass is 9.98. The number of rotatable bonds is 7. The van der Waals surface area contributed by atoms with Crippen LogP contribution in [0.15, 0.2) is 235 Å². The number of hydrogen-bond donors (Lipinski definition) is 0. The number of furan rings is 1. The molecule has 0 spiro atoms. The first-order valence-electron chi connectivity index (χ1n) is 20.8. The van der Waals surface area contributed by atoms with Crippen LogP contribution in [0.4, 0.5) is 17.1 Å². The van der Waals surface area contributed by atoms with Crippen molar-refractivity contribution in [1.82, 2.24) is 4.57 Å². The van der Waals surface area contributed by atoms with Gasteiger partial charge in [0.25, 0.3) is 0 Å². The van der Waals surface area contributed by atoms with Gasteiger partial charge in [-0.3, -0.25) is 0 Å². The molecule has 286 valence electrons. The molecular weight excluding hydrogens is 741 g/mol. The van der Waals surface area contributed by atoms with Crippen LogP contribution in [0.1, 0.15) is 0 Å². The summed E-state index contributed by atoms with van der Waals surface area (Å²) in [6.45, 7) is 0. The molecule has 0 aliphatic carbocycles. The van der Waals surface area contributed by atoms with Crippen LogP contribution in [0.3, 0.4) is 0 Å². The number of fused-ring (bicyclic) bond motifs is 7. The first-order chi connectivity index (χ1) is 30.2. The summed E-state index contributed by atoms with van der Waals surface area (Å²) in [5.74, 6) is 0. The van der Waals surface area contributed by atoms with Gasteiger partial charge >= 0.3 is 0 Å². The van der Waals surface area contributed by atoms with Crippen molar-refractivity contribution >= 4 is 71.6 Å². The van der Waals surface area contributed by atoms with Gasteiger partial charge in [0.2, 0.25) is 0 Å². The Hall–Kier alpha value is -8.14. The minimum Gasteiger partial charge on any atom is -0.456 e. The second kappa shape index (κ2) is 14.3. The molecule has 0 bridgehead atoms. The van der Waals surface area contributed by atoms with Gasteiger partial charge in [-0.25, -0.2) is 0 Å². The van der Waals surface area contributed by atoms with E-state index < -0.39 is 0 Å². The summed E-state index contributed by atoms with van der Waals surface area (Å²) in [5, 5.41) is 7.24. The quantitative estimate of drug-likeness (QED) is 0.161. The minimum absolute atomic E-state index is 0.906. The van der Waals surface area contributed by atoms with Gasteiger partial charge in [-0.2, -0.15) is 0 Å². The number of aromatic nitrogens is 1.